The number of hydrogen-bond donors (Lipinski definition) is 1. The number of aromatic nitrogens is 1. The van der Waals surface area contributed by atoms with Gasteiger partial charge in [0, 0.05) is 18.9 Å². The van der Waals surface area contributed by atoms with E-state index in [1.54, 1.807) is 0 Å². The van der Waals surface area contributed by atoms with E-state index in [0.717, 1.165) is 5.69 Å². The number of benzene rings is 1. The molecule has 1 N–H and O–H groups in total. The highest BCUT2D eigenvalue weighted by Gasteiger charge is 2.13. The molecule has 2 aromatic rings. The summed E-state index contributed by atoms with van der Waals surface area (Å²) in [4.78, 5) is 12.1. The van der Waals surface area contributed by atoms with Crippen LogP contribution in [-0.4, -0.2) is 10.5 Å². The first-order valence-corrected chi connectivity index (χ1v) is 6.10. The Balaban J connectivity index is 2.19. The van der Waals surface area contributed by atoms with Crippen molar-refractivity contribution < 1.29 is 4.79 Å². The molecule has 0 spiro atoms. The van der Waals surface area contributed by atoms with Gasteiger partial charge in [-0.15, -0.1) is 0 Å². The Labute approximate surface area is 107 Å². The van der Waals surface area contributed by atoms with Gasteiger partial charge in [0.15, 0.2) is 0 Å². The molecule has 1 amide bonds. The van der Waals surface area contributed by atoms with E-state index in [1.807, 2.05) is 54.2 Å². The third-order valence-electron chi connectivity index (χ3n) is 2.96. The van der Waals surface area contributed by atoms with Gasteiger partial charge in [0.05, 0.1) is 0 Å². The molecule has 1 heterocycles. The fraction of sp³-hybridized carbons (Fsp3) is 0.267. The van der Waals surface area contributed by atoms with Crippen molar-refractivity contribution >= 4 is 11.6 Å². The van der Waals surface area contributed by atoms with E-state index in [2.05, 4.69) is 19.2 Å². The maximum Gasteiger partial charge on any atom is 0.272 e. The summed E-state index contributed by atoms with van der Waals surface area (Å²) >= 11 is 0. The average Bonchev–Trinajstić information content (AvgIpc) is 2.73. The maximum absolute atomic E-state index is 12.1. The highest BCUT2D eigenvalue weighted by molar-refractivity contribution is 6.03. The van der Waals surface area contributed by atoms with E-state index >= 15 is 0 Å². The van der Waals surface area contributed by atoms with Gasteiger partial charge in [0.1, 0.15) is 5.69 Å². The van der Waals surface area contributed by atoms with E-state index in [-0.39, 0.29) is 5.91 Å². The Morgan fingerprint density at radius 2 is 1.89 bits per heavy atom. The van der Waals surface area contributed by atoms with E-state index in [4.69, 9.17) is 0 Å². The van der Waals surface area contributed by atoms with Gasteiger partial charge in [0.25, 0.3) is 5.91 Å². The molecule has 0 aliphatic rings. The largest absolute Gasteiger partial charge is 0.346 e. The van der Waals surface area contributed by atoms with Gasteiger partial charge in [-0.25, -0.2) is 0 Å². The van der Waals surface area contributed by atoms with Gasteiger partial charge in [-0.05, 0) is 29.7 Å². The highest BCUT2D eigenvalue weighted by Crippen LogP contribution is 2.18. The van der Waals surface area contributed by atoms with Crippen LogP contribution in [0.5, 0.6) is 0 Å². The maximum atomic E-state index is 12.1. The lowest BCUT2D eigenvalue weighted by molar-refractivity contribution is 0.101. The molecule has 94 valence electrons. The van der Waals surface area contributed by atoms with Crippen LogP contribution in [0.2, 0.25) is 0 Å². The minimum absolute atomic E-state index is 0.0735. The van der Waals surface area contributed by atoms with Crippen LogP contribution in [0, 0.1) is 0 Å². The smallest absolute Gasteiger partial charge is 0.272 e. The van der Waals surface area contributed by atoms with E-state index in [9.17, 15) is 4.79 Å². The number of anilines is 1. The number of para-hydroxylation sites is 1. The van der Waals surface area contributed by atoms with Crippen molar-refractivity contribution in [3.8, 4) is 0 Å². The first kappa shape index (κ1) is 12.4. The second-order valence-corrected chi connectivity index (χ2v) is 4.74. The zero-order chi connectivity index (χ0) is 13.1. The van der Waals surface area contributed by atoms with Crippen LogP contribution in [0.1, 0.15) is 35.8 Å². The van der Waals surface area contributed by atoms with Gasteiger partial charge >= 0.3 is 0 Å². The number of carbonyl (C=O) groups is 1. The van der Waals surface area contributed by atoms with Gasteiger partial charge in [0.2, 0.25) is 0 Å². The van der Waals surface area contributed by atoms with Crippen LogP contribution in [0.25, 0.3) is 0 Å². The van der Waals surface area contributed by atoms with Crippen molar-refractivity contribution in [2.24, 2.45) is 7.05 Å². The fourth-order valence-electron chi connectivity index (χ4n) is 1.85. The Bertz CT molecular complexity index is 541. The molecular formula is C15H18N2O. The summed E-state index contributed by atoms with van der Waals surface area (Å²) in [6.45, 7) is 4.24. The monoisotopic (exact) mass is 242 g/mol. The molecule has 0 radical (unpaired) electrons. The summed E-state index contributed by atoms with van der Waals surface area (Å²) in [7, 11) is 1.89. The Morgan fingerprint density at radius 1 is 1.22 bits per heavy atom. The topological polar surface area (TPSA) is 34.0 Å². The van der Waals surface area contributed by atoms with Crippen LogP contribution in [0.4, 0.5) is 5.69 Å². The van der Waals surface area contributed by atoms with Crippen molar-refractivity contribution in [3.63, 3.8) is 0 Å². The van der Waals surface area contributed by atoms with Crippen molar-refractivity contribution in [1.29, 1.82) is 0 Å². The number of rotatable bonds is 3. The molecule has 0 saturated heterocycles. The summed E-state index contributed by atoms with van der Waals surface area (Å²) in [6.07, 6.45) is 2.00. The number of nitrogens with zero attached hydrogens (tertiary/aromatic N) is 1. The standard InChI is InChI=1S/C15H18N2O/c1-11(2)12-9-14(17(3)10-12)15(18)16-13-7-5-4-6-8-13/h4-11H,1-3H3,(H,16,18). The molecule has 1 aromatic carbocycles. The molecule has 3 heteroatoms. The SMILES string of the molecule is CC(C)c1cc(C(=O)Nc2ccccc2)n(C)c1. The summed E-state index contributed by atoms with van der Waals surface area (Å²) in [5, 5.41) is 2.89. The Morgan fingerprint density at radius 3 is 2.44 bits per heavy atom. The number of nitrogens with one attached hydrogen (secondary N) is 1. The highest BCUT2D eigenvalue weighted by atomic mass is 16.1. The van der Waals surface area contributed by atoms with Crippen LogP contribution in [0.3, 0.4) is 0 Å². The lowest BCUT2D eigenvalue weighted by atomic mass is 10.1. The molecule has 0 aliphatic carbocycles. The minimum atomic E-state index is -0.0735. The van der Waals surface area contributed by atoms with Gasteiger partial charge < -0.3 is 9.88 Å². The summed E-state index contributed by atoms with van der Waals surface area (Å²) in [6, 6.07) is 11.4. The summed E-state index contributed by atoms with van der Waals surface area (Å²) in [5.41, 5.74) is 2.67. The normalized spacial score (nSPS) is 10.7. The lowest BCUT2D eigenvalue weighted by Crippen LogP contribution is -2.15. The van der Waals surface area contributed by atoms with E-state index in [0.29, 0.717) is 11.6 Å². The molecule has 0 fully saturated rings. The van der Waals surface area contributed by atoms with Crippen LogP contribution in [-0.2, 0) is 7.05 Å². The molecular weight excluding hydrogens is 224 g/mol. The number of hydrogen-bond acceptors (Lipinski definition) is 1. The van der Waals surface area contributed by atoms with Gasteiger partial charge in [-0.2, -0.15) is 0 Å². The number of carbonyl (C=O) groups excluding carboxylic acids is 1. The molecule has 0 aliphatic heterocycles. The van der Waals surface area contributed by atoms with Gasteiger partial charge in [-0.3, -0.25) is 4.79 Å². The predicted octanol–water partition coefficient (Wildman–Crippen LogP) is 3.40. The first-order valence-electron chi connectivity index (χ1n) is 6.10. The Kier molecular flexibility index (Phi) is 3.51. The second kappa shape index (κ2) is 5.08. The first-order chi connectivity index (χ1) is 8.58. The third kappa shape index (κ3) is 2.62. The minimum Gasteiger partial charge on any atom is -0.346 e. The zero-order valence-corrected chi connectivity index (χ0v) is 11.0. The fourth-order valence-corrected chi connectivity index (χ4v) is 1.85. The van der Waals surface area contributed by atoms with Crippen molar-refractivity contribution in [3.05, 3.63) is 53.9 Å². The average molecular weight is 242 g/mol. The summed E-state index contributed by atoms with van der Waals surface area (Å²) < 4.78 is 1.87. The molecule has 0 unspecified atom stereocenters. The van der Waals surface area contributed by atoms with Crippen molar-refractivity contribution in [1.82, 2.24) is 4.57 Å². The van der Waals surface area contributed by atoms with Crippen LogP contribution < -0.4 is 5.32 Å². The molecule has 2 rings (SSSR count). The molecule has 0 bridgehead atoms. The summed E-state index contributed by atoms with van der Waals surface area (Å²) in [5.74, 6) is 0.352. The van der Waals surface area contributed by atoms with Crippen molar-refractivity contribution in [2.45, 2.75) is 19.8 Å². The number of amides is 1. The second-order valence-electron chi connectivity index (χ2n) is 4.74. The quantitative estimate of drug-likeness (QED) is 0.879. The Hall–Kier alpha value is -2.03. The van der Waals surface area contributed by atoms with E-state index in [1.165, 1.54) is 5.56 Å². The molecule has 0 atom stereocenters. The number of aryl methyl sites for hydroxylation is 1. The molecule has 0 saturated carbocycles. The van der Waals surface area contributed by atoms with Crippen molar-refractivity contribution in [2.75, 3.05) is 5.32 Å². The van der Waals surface area contributed by atoms with E-state index < -0.39 is 0 Å². The molecule has 3 nitrogen and oxygen atoms in total. The van der Waals surface area contributed by atoms with Crippen LogP contribution >= 0.6 is 0 Å². The van der Waals surface area contributed by atoms with Gasteiger partial charge in [-0.1, -0.05) is 32.0 Å². The predicted molar refractivity (Wildman–Crippen MR) is 73.9 cm³/mol. The molecule has 18 heavy (non-hydrogen) atoms. The van der Waals surface area contributed by atoms with Crippen LogP contribution in [0.15, 0.2) is 42.6 Å². The molecule has 1 aromatic heterocycles. The lowest BCUT2D eigenvalue weighted by Gasteiger charge is -2.05. The zero-order valence-electron chi connectivity index (χ0n) is 11.0. The third-order valence-corrected chi connectivity index (χ3v) is 2.96.